The van der Waals surface area contributed by atoms with Crippen LogP contribution in [0.25, 0.3) is 0 Å². The monoisotopic (exact) mass is 274 g/mol. The van der Waals surface area contributed by atoms with Crippen LogP contribution in [0.5, 0.6) is 0 Å². The van der Waals surface area contributed by atoms with E-state index in [4.69, 9.17) is 4.74 Å². The first-order valence-corrected chi connectivity index (χ1v) is 6.89. The SMILES string of the molecule is CCOC(=O)c1cn2c(n1)CCC(c1cnn(C)c1)C2. The summed E-state index contributed by atoms with van der Waals surface area (Å²) in [5, 5.41) is 4.22. The topological polar surface area (TPSA) is 61.9 Å². The van der Waals surface area contributed by atoms with Gasteiger partial charge in [0, 0.05) is 38.3 Å². The molecule has 2 aromatic heterocycles. The van der Waals surface area contributed by atoms with Gasteiger partial charge in [-0.05, 0) is 18.9 Å². The molecule has 0 bridgehead atoms. The Hall–Kier alpha value is -2.11. The molecule has 0 amide bonds. The maximum atomic E-state index is 11.7. The number of carbonyl (C=O) groups is 1. The van der Waals surface area contributed by atoms with E-state index in [0.717, 1.165) is 25.2 Å². The van der Waals surface area contributed by atoms with Gasteiger partial charge >= 0.3 is 5.97 Å². The van der Waals surface area contributed by atoms with Crippen LogP contribution >= 0.6 is 0 Å². The highest BCUT2D eigenvalue weighted by atomic mass is 16.5. The van der Waals surface area contributed by atoms with E-state index in [-0.39, 0.29) is 5.97 Å². The van der Waals surface area contributed by atoms with Gasteiger partial charge in [-0.3, -0.25) is 4.68 Å². The van der Waals surface area contributed by atoms with Crippen molar-refractivity contribution in [1.29, 1.82) is 0 Å². The first kappa shape index (κ1) is 12.9. The number of ether oxygens (including phenoxy) is 1. The third-order valence-electron chi connectivity index (χ3n) is 3.67. The van der Waals surface area contributed by atoms with Gasteiger partial charge in [-0.2, -0.15) is 5.10 Å². The molecule has 1 atom stereocenters. The molecule has 3 rings (SSSR count). The summed E-state index contributed by atoms with van der Waals surface area (Å²) in [5.74, 6) is 1.06. The third kappa shape index (κ3) is 2.33. The molecule has 0 saturated heterocycles. The Morgan fingerprint density at radius 2 is 2.35 bits per heavy atom. The second-order valence-electron chi connectivity index (χ2n) is 5.10. The molecule has 20 heavy (non-hydrogen) atoms. The van der Waals surface area contributed by atoms with Gasteiger partial charge in [-0.1, -0.05) is 0 Å². The number of aryl methyl sites for hydroxylation is 2. The maximum Gasteiger partial charge on any atom is 0.358 e. The molecule has 0 aromatic carbocycles. The van der Waals surface area contributed by atoms with Crippen LogP contribution in [0.4, 0.5) is 0 Å². The van der Waals surface area contributed by atoms with Crippen molar-refractivity contribution in [2.75, 3.05) is 6.61 Å². The first-order chi connectivity index (χ1) is 9.67. The van der Waals surface area contributed by atoms with Crippen LogP contribution in [-0.2, 0) is 24.8 Å². The van der Waals surface area contributed by atoms with Crippen LogP contribution in [0, 0.1) is 0 Å². The van der Waals surface area contributed by atoms with Crippen LogP contribution in [0.15, 0.2) is 18.6 Å². The minimum atomic E-state index is -0.340. The predicted molar refractivity (Wildman–Crippen MR) is 72.5 cm³/mol. The van der Waals surface area contributed by atoms with E-state index in [1.165, 1.54) is 5.56 Å². The van der Waals surface area contributed by atoms with Crippen molar-refractivity contribution in [3.63, 3.8) is 0 Å². The van der Waals surface area contributed by atoms with Crippen molar-refractivity contribution in [3.05, 3.63) is 35.7 Å². The molecular formula is C14H18N4O2. The molecule has 1 unspecified atom stereocenters. The quantitative estimate of drug-likeness (QED) is 0.796. The molecular weight excluding hydrogens is 256 g/mol. The van der Waals surface area contributed by atoms with E-state index in [0.29, 0.717) is 18.2 Å². The zero-order chi connectivity index (χ0) is 14.1. The number of aromatic nitrogens is 4. The average Bonchev–Trinajstić information content (AvgIpc) is 3.04. The summed E-state index contributed by atoms with van der Waals surface area (Å²) in [6.45, 7) is 3.01. The molecule has 0 radical (unpaired) electrons. The molecule has 3 heterocycles. The Morgan fingerprint density at radius 3 is 3.05 bits per heavy atom. The number of fused-ring (bicyclic) bond motifs is 1. The molecule has 0 aliphatic carbocycles. The van der Waals surface area contributed by atoms with Gasteiger partial charge in [0.05, 0.1) is 12.8 Å². The maximum absolute atomic E-state index is 11.7. The molecule has 6 nitrogen and oxygen atoms in total. The normalized spacial score (nSPS) is 17.8. The van der Waals surface area contributed by atoms with Gasteiger partial charge in [0.15, 0.2) is 5.69 Å². The summed E-state index contributed by atoms with van der Waals surface area (Å²) < 4.78 is 8.88. The summed E-state index contributed by atoms with van der Waals surface area (Å²) in [4.78, 5) is 16.1. The largest absolute Gasteiger partial charge is 0.461 e. The lowest BCUT2D eigenvalue weighted by atomic mass is 9.94. The summed E-state index contributed by atoms with van der Waals surface area (Å²) in [6, 6.07) is 0. The van der Waals surface area contributed by atoms with Gasteiger partial charge in [-0.15, -0.1) is 0 Å². The summed E-state index contributed by atoms with van der Waals surface area (Å²) in [6.07, 6.45) is 7.68. The van der Waals surface area contributed by atoms with E-state index >= 15 is 0 Å². The predicted octanol–water partition coefficient (Wildman–Crippen LogP) is 1.52. The van der Waals surface area contributed by atoms with Crippen molar-refractivity contribution in [3.8, 4) is 0 Å². The van der Waals surface area contributed by atoms with Crippen molar-refractivity contribution in [1.82, 2.24) is 19.3 Å². The minimum Gasteiger partial charge on any atom is -0.461 e. The number of hydrogen-bond donors (Lipinski definition) is 0. The fourth-order valence-corrected chi connectivity index (χ4v) is 2.67. The van der Waals surface area contributed by atoms with Crippen LogP contribution < -0.4 is 0 Å². The fraction of sp³-hybridized carbons (Fsp3) is 0.500. The van der Waals surface area contributed by atoms with Crippen LogP contribution in [0.3, 0.4) is 0 Å². The lowest BCUT2D eigenvalue weighted by molar-refractivity contribution is 0.0520. The number of imidazole rings is 1. The van der Waals surface area contributed by atoms with Crippen molar-refractivity contribution >= 4 is 5.97 Å². The molecule has 0 N–H and O–H groups in total. The Bertz CT molecular complexity index is 629. The lowest BCUT2D eigenvalue weighted by Crippen LogP contribution is -2.18. The summed E-state index contributed by atoms with van der Waals surface area (Å²) in [5.41, 5.74) is 1.65. The Kier molecular flexibility index (Phi) is 3.30. The van der Waals surface area contributed by atoms with Crippen LogP contribution in [0.1, 0.15) is 41.1 Å². The average molecular weight is 274 g/mol. The van der Waals surface area contributed by atoms with Gasteiger partial charge in [0.25, 0.3) is 0 Å². The van der Waals surface area contributed by atoms with Crippen LogP contribution in [-0.4, -0.2) is 31.9 Å². The number of esters is 1. The number of carbonyl (C=O) groups excluding carboxylic acids is 1. The number of hydrogen-bond acceptors (Lipinski definition) is 4. The minimum absolute atomic E-state index is 0.340. The van der Waals surface area contributed by atoms with Gasteiger partial charge in [0.1, 0.15) is 5.82 Å². The summed E-state index contributed by atoms with van der Waals surface area (Å²) in [7, 11) is 1.92. The molecule has 6 heteroatoms. The molecule has 106 valence electrons. The Balaban J connectivity index is 1.79. The highest BCUT2D eigenvalue weighted by Gasteiger charge is 2.24. The highest BCUT2D eigenvalue weighted by Crippen LogP contribution is 2.28. The molecule has 2 aromatic rings. The zero-order valence-corrected chi connectivity index (χ0v) is 11.7. The second kappa shape index (κ2) is 5.11. The van der Waals surface area contributed by atoms with E-state index in [9.17, 15) is 4.79 Å². The Labute approximate surface area is 117 Å². The molecule has 0 saturated carbocycles. The van der Waals surface area contributed by atoms with Gasteiger partial charge in [-0.25, -0.2) is 9.78 Å². The van der Waals surface area contributed by atoms with Crippen molar-refractivity contribution in [2.45, 2.75) is 32.2 Å². The van der Waals surface area contributed by atoms with Gasteiger partial charge < -0.3 is 9.30 Å². The van der Waals surface area contributed by atoms with E-state index in [1.807, 2.05) is 17.9 Å². The van der Waals surface area contributed by atoms with Crippen molar-refractivity contribution in [2.24, 2.45) is 7.05 Å². The smallest absolute Gasteiger partial charge is 0.358 e. The molecule has 1 aliphatic heterocycles. The third-order valence-corrected chi connectivity index (χ3v) is 3.67. The van der Waals surface area contributed by atoms with Gasteiger partial charge in [0.2, 0.25) is 0 Å². The van der Waals surface area contributed by atoms with Crippen molar-refractivity contribution < 1.29 is 9.53 Å². The van der Waals surface area contributed by atoms with E-state index in [1.54, 1.807) is 13.1 Å². The Morgan fingerprint density at radius 1 is 1.50 bits per heavy atom. The second-order valence-corrected chi connectivity index (χ2v) is 5.10. The molecule has 0 spiro atoms. The van der Waals surface area contributed by atoms with Crippen LogP contribution in [0.2, 0.25) is 0 Å². The van der Waals surface area contributed by atoms with E-state index < -0.39 is 0 Å². The van der Waals surface area contributed by atoms with E-state index in [2.05, 4.69) is 20.8 Å². The first-order valence-electron chi connectivity index (χ1n) is 6.89. The number of nitrogens with zero attached hydrogens (tertiary/aromatic N) is 4. The summed E-state index contributed by atoms with van der Waals surface area (Å²) >= 11 is 0. The fourth-order valence-electron chi connectivity index (χ4n) is 2.67. The lowest BCUT2D eigenvalue weighted by Gasteiger charge is -2.22. The molecule has 0 fully saturated rings. The highest BCUT2D eigenvalue weighted by molar-refractivity contribution is 5.87. The zero-order valence-electron chi connectivity index (χ0n) is 11.7. The standard InChI is InChI=1S/C14H18N4O2/c1-3-20-14(19)12-9-18-8-10(4-5-13(18)16-12)11-6-15-17(2)7-11/h6-7,9-10H,3-5,8H2,1-2H3. The molecule has 1 aliphatic rings. The number of rotatable bonds is 3.